The van der Waals surface area contributed by atoms with Crippen molar-refractivity contribution in [1.82, 2.24) is 0 Å². The van der Waals surface area contributed by atoms with E-state index in [-0.39, 0.29) is 0 Å². The van der Waals surface area contributed by atoms with E-state index < -0.39 is 0 Å². The summed E-state index contributed by atoms with van der Waals surface area (Å²) in [6.07, 6.45) is 24.7. The van der Waals surface area contributed by atoms with E-state index in [1.807, 2.05) is 0 Å². The van der Waals surface area contributed by atoms with Gasteiger partial charge in [-0.3, -0.25) is 0 Å². The van der Waals surface area contributed by atoms with E-state index in [4.69, 9.17) is 0 Å². The van der Waals surface area contributed by atoms with Crippen molar-refractivity contribution < 1.29 is 0 Å². The molecule has 0 aromatic heterocycles. The predicted octanol–water partition coefficient (Wildman–Crippen LogP) is 7.70. The Hall–Kier alpha value is -0.260. The molecule has 0 aromatic rings. The third-order valence-electron chi connectivity index (χ3n) is 4.30. The zero-order valence-electron chi connectivity index (χ0n) is 14.8. The third kappa shape index (κ3) is 17.7. The minimum atomic E-state index is 0.913. The summed E-state index contributed by atoms with van der Waals surface area (Å²) in [6.45, 7) is 10.2. The van der Waals surface area contributed by atoms with Crippen LogP contribution in [0.2, 0.25) is 0 Å². The Balaban J connectivity index is 3.20. The molecule has 21 heavy (non-hydrogen) atoms. The molecule has 0 N–H and O–H groups in total. The van der Waals surface area contributed by atoms with Crippen LogP contribution in [0, 0.1) is 19.8 Å². The van der Waals surface area contributed by atoms with E-state index in [1.54, 1.807) is 0 Å². The first-order valence-electron chi connectivity index (χ1n) is 9.54. The molecule has 0 aliphatic heterocycles. The number of hydrogen-bond donors (Lipinski definition) is 0. The SMILES string of the molecule is [CH2]CCCCCCCC=CCCCC(C)CCCCC[CH2]. The number of hydrogen-bond acceptors (Lipinski definition) is 0. The molecule has 0 bridgehead atoms. The Morgan fingerprint density at radius 1 is 0.619 bits per heavy atom. The first kappa shape index (κ1) is 20.7. The molecule has 124 valence electrons. The highest BCUT2D eigenvalue weighted by atomic mass is 14.1. The number of unbranched alkanes of at least 4 members (excludes halogenated alkanes) is 10. The van der Waals surface area contributed by atoms with Crippen LogP contribution in [0.1, 0.15) is 103 Å². The van der Waals surface area contributed by atoms with Crippen molar-refractivity contribution in [3.05, 3.63) is 26.0 Å². The standard InChI is InChI=1S/C21H40/c1-4-6-8-10-11-12-13-14-15-16-18-20-21(3)19-17-9-7-5-2/h14-15,21H,1-2,4-13,16-20H2,3H3. The van der Waals surface area contributed by atoms with Crippen molar-refractivity contribution in [3.8, 4) is 0 Å². The summed E-state index contributed by atoms with van der Waals surface area (Å²) in [4.78, 5) is 0. The number of allylic oxidation sites excluding steroid dienone is 2. The normalized spacial score (nSPS) is 13.1. The number of rotatable bonds is 16. The lowest BCUT2D eigenvalue weighted by Crippen LogP contribution is -1.94. The second-order valence-electron chi connectivity index (χ2n) is 6.62. The van der Waals surface area contributed by atoms with Crippen LogP contribution in [0.25, 0.3) is 0 Å². The smallest absolute Gasteiger partial charge is 0.0351 e. The van der Waals surface area contributed by atoms with Gasteiger partial charge in [0, 0.05) is 0 Å². The Morgan fingerprint density at radius 3 is 1.76 bits per heavy atom. The molecule has 0 fully saturated rings. The summed E-state index contributed by atoms with van der Waals surface area (Å²) in [5.41, 5.74) is 0. The van der Waals surface area contributed by atoms with Gasteiger partial charge in [0.25, 0.3) is 0 Å². The Labute approximate surface area is 135 Å². The molecule has 0 spiro atoms. The second kappa shape index (κ2) is 17.8. The fourth-order valence-corrected chi connectivity index (χ4v) is 2.78. The van der Waals surface area contributed by atoms with E-state index in [0.717, 1.165) is 18.8 Å². The van der Waals surface area contributed by atoms with Gasteiger partial charge in [0.15, 0.2) is 0 Å². The van der Waals surface area contributed by atoms with Gasteiger partial charge in [0.2, 0.25) is 0 Å². The van der Waals surface area contributed by atoms with Crippen molar-refractivity contribution in [2.24, 2.45) is 5.92 Å². The summed E-state index contributed by atoms with van der Waals surface area (Å²) in [7, 11) is 0. The molecule has 0 heterocycles. The first-order valence-corrected chi connectivity index (χ1v) is 9.54. The average Bonchev–Trinajstić information content (AvgIpc) is 2.49. The first-order chi connectivity index (χ1) is 10.3. The zero-order valence-corrected chi connectivity index (χ0v) is 14.8. The largest absolute Gasteiger partial charge is 0.0885 e. The van der Waals surface area contributed by atoms with Gasteiger partial charge in [0.05, 0.1) is 0 Å². The van der Waals surface area contributed by atoms with Gasteiger partial charge < -0.3 is 0 Å². The molecule has 0 aliphatic carbocycles. The third-order valence-corrected chi connectivity index (χ3v) is 4.30. The molecule has 1 atom stereocenters. The van der Waals surface area contributed by atoms with E-state index in [0.29, 0.717) is 0 Å². The van der Waals surface area contributed by atoms with Gasteiger partial charge in [0.1, 0.15) is 0 Å². The van der Waals surface area contributed by atoms with Crippen LogP contribution < -0.4 is 0 Å². The second-order valence-corrected chi connectivity index (χ2v) is 6.62. The van der Waals surface area contributed by atoms with Gasteiger partial charge in [-0.25, -0.2) is 0 Å². The van der Waals surface area contributed by atoms with Crippen LogP contribution in [0.5, 0.6) is 0 Å². The Kier molecular flexibility index (Phi) is 17.6. The molecule has 0 nitrogen and oxygen atoms in total. The van der Waals surface area contributed by atoms with Crippen molar-refractivity contribution >= 4 is 0 Å². The lowest BCUT2D eigenvalue weighted by Gasteiger charge is -2.09. The maximum atomic E-state index is 3.90. The highest BCUT2D eigenvalue weighted by Crippen LogP contribution is 2.16. The topological polar surface area (TPSA) is 0 Å². The minimum Gasteiger partial charge on any atom is -0.0885 e. The van der Waals surface area contributed by atoms with Gasteiger partial charge in [-0.1, -0.05) is 104 Å². The molecule has 1 unspecified atom stereocenters. The molecule has 0 heteroatoms. The lowest BCUT2D eigenvalue weighted by molar-refractivity contribution is 0.450. The fourth-order valence-electron chi connectivity index (χ4n) is 2.78. The van der Waals surface area contributed by atoms with E-state index in [2.05, 4.69) is 32.9 Å². The van der Waals surface area contributed by atoms with Crippen LogP contribution in [0.3, 0.4) is 0 Å². The molecule has 0 rings (SSSR count). The van der Waals surface area contributed by atoms with Crippen LogP contribution in [0.15, 0.2) is 12.2 Å². The van der Waals surface area contributed by atoms with Crippen LogP contribution >= 0.6 is 0 Å². The van der Waals surface area contributed by atoms with E-state index in [1.165, 1.54) is 83.5 Å². The van der Waals surface area contributed by atoms with Gasteiger partial charge in [-0.05, 0) is 31.6 Å². The molecule has 0 aliphatic rings. The summed E-state index contributed by atoms with van der Waals surface area (Å²) >= 11 is 0. The monoisotopic (exact) mass is 292 g/mol. The lowest BCUT2D eigenvalue weighted by atomic mass is 9.97. The van der Waals surface area contributed by atoms with Crippen molar-refractivity contribution in [1.29, 1.82) is 0 Å². The summed E-state index contributed by atoms with van der Waals surface area (Å²) in [5, 5.41) is 0. The maximum Gasteiger partial charge on any atom is -0.0351 e. The quantitative estimate of drug-likeness (QED) is 0.202. The molecular weight excluding hydrogens is 252 g/mol. The highest BCUT2D eigenvalue weighted by molar-refractivity contribution is 4.81. The van der Waals surface area contributed by atoms with Crippen LogP contribution in [0.4, 0.5) is 0 Å². The summed E-state index contributed by atoms with van der Waals surface area (Å²) in [5.74, 6) is 0.913. The molecular formula is C21H40. The van der Waals surface area contributed by atoms with Crippen molar-refractivity contribution in [2.75, 3.05) is 0 Å². The van der Waals surface area contributed by atoms with Gasteiger partial charge in [-0.15, -0.1) is 0 Å². The Morgan fingerprint density at radius 2 is 1.10 bits per heavy atom. The van der Waals surface area contributed by atoms with E-state index in [9.17, 15) is 0 Å². The van der Waals surface area contributed by atoms with Crippen molar-refractivity contribution in [3.63, 3.8) is 0 Å². The van der Waals surface area contributed by atoms with Crippen LogP contribution in [-0.2, 0) is 0 Å². The molecule has 2 radical (unpaired) electrons. The van der Waals surface area contributed by atoms with Crippen LogP contribution in [-0.4, -0.2) is 0 Å². The average molecular weight is 293 g/mol. The van der Waals surface area contributed by atoms with Gasteiger partial charge >= 0.3 is 0 Å². The van der Waals surface area contributed by atoms with Crippen molar-refractivity contribution in [2.45, 2.75) is 103 Å². The summed E-state index contributed by atoms with van der Waals surface area (Å²) < 4.78 is 0. The molecule has 0 saturated heterocycles. The maximum absolute atomic E-state index is 3.90. The fraction of sp³-hybridized carbons (Fsp3) is 0.810. The predicted molar refractivity (Wildman–Crippen MR) is 98.3 cm³/mol. The van der Waals surface area contributed by atoms with Gasteiger partial charge in [-0.2, -0.15) is 0 Å². The highest BCUT2D eigenvalue weighted by Gasteiger charge is 2.00. The molecule has 0 saturated carbocycles. The molecule has 0 aromatic carbocycles. The Bertz CT molecular complexity index is 204. The molecule has 0 amide bonds. The van der Waals surface area contributed by atoms with E-state index >= 15 is 0 Å². The zero-order chi connectivity index (χ0) is 15.6. The minimum absolute atomic E-state index is 0.913. The summed E-state index contributed by atoms with van der Waals surface area (Å²) in [6, 6.07) is 0.